The highest BCUT2D eigenvalue weighted by molar-refractivity contribution is 7.98. The summed E-state index contributed by atoms with van der Waals surface area (Å²) in [5.74, 6) is -2.26. The topological polar surface area (TPSA) is 151 Å². The summed E-state index contributed by atoms with van der Waals surface area (Å²) in [6, 6.07) is -3.56. The van der Waals surface area contributed by atoms with Crippen LogP contribution in [0.3, 0.4) is 0 Å². The van der Waals surface area contributed by atoms with Gasteiger partial charge in [0.2, 0.25) is 17.7 Å². The molecule has 0 aromatic rings. The molecule has 0 spiro atoms. The van der Waals surface area contributed by atoms with Crippen molar-refractivity contribution in [3.05, 3.63) is 0 Å². The number of aliphatic carboxylic acids is 1. The molecule has 0 aromatic carbocycles. The second-order valence-electron chi connectivity index (χ2n) is 9.02. The number of nitrogens with one attached hydrogen (secondary N) is 3. The van der Waals surface area contributed by atoms with Gasteiger partial charge in [0, 0.05) is 0 Å². The van der Waals surface area contributed by atoms with Crippen molar-refractivity contribution < 1.29 is 24.3 Å². The Bertz CT molecular complexity index is 629. The van der Waals surface area contributed by atoms with Crippen molar-refractivity contribution in [2.24, 2.45) is 23.5 Å². The monoisotopic (exact) mass is 474 g/mol. The zero-order valence-electron chi connectivity index (χ0n) is 20.4. The molecular weight excluding hydrogens is 432 g/mol. The lowest BCUT2D eigenvalue weighted by atomic mass is 9.95. The number of amides is 3. The third-order valence-corrected chi connectivity index (χ3v) is 5.98. The van der Waals surface area contributed by atoms with Crippen LogP contribution in [0.15, 0.2) is 0 Å². The van der Waals surface area contributed by atoms with Gasteiger partial charge in [-0.3, -0.25) is 14.4 Å². The molecule has 0 saturated heterocycles. The molecular formula is C22H42N4O5S. The summed E-state index contributed by atoms with van der Waals surface area (Å²) in [5.41, 5.74) is 5.94. The molecule has 0 aliphatic heterocycles. The van der Waals surface area contributed by atoms with E-state index in [9.17, 15) is 24.3 Å². The molecule has 5 atom stereocenters. The number of hydrogen-bond acceptors (Lipinski definition) is 6. The van der Waals surface area contributed by atoms with Crippen molar-refractivity contribution in [1.29, 1.82) is 0 Å². The van der Waals surface area contributed by atoms with Crippen LogP contribution < -0.4 is 21.7 Å². The SMILES string of the molecule is CCC(C)C(NC(=O)C(N)CCSC)C(=O)NC(C(=O)NC(CC(C)C)C(=O)O)C(C)C. The molecule has 0 fully saturated rings. The number of rotatable bonds is 15. The first-order valence-corrected chi connectivity index (χ1v) is 12.6. The largest absolute Gasteiger partial charge is 0.480 e. The highest BCUT2D eigenvalue weighted by atomic mass is 32.2. The lowest BCUT2D eigenvalue weighted by Gasteiger charge is -2.29. The predicted octanol–water partition coefficient (Wildman–Crippen LogP) is 1.35. The standard InChI is InChI=1S/C22H42N4O5S/c1-8-14(6)18(26-19(27)15(23)9-10-32-7)21(29)25-17(13(4)5)20(28)24-16(22(30)31)11-12(2)3/h12-18H,8-11,23H2,1-7H3,(H,24,28)(H,25,29)(H,26,27)(H,30,31). The van der Waals surface area contributed by atoms with Gasteiger partial charge in [-0.05, 0) is 42.6 Å². The van der Waals surface area contributed by atoms with Crippen LogP contribution in [-0.4, -0.2) is 65.0 Å². The van der Waals surface area contributed by atoms with Crippen molar-refractivity contribution in [2.75, 3.05) is 12.0 Å². The van der Waals surface area contributed by atoms with Crippen molar-refractivity contribution >= 4 is 35.5 Å². The van der Waals surface area contributed by atoms with Crippen molar-refractivity contribution in [2.45, 2.75) is 85.0 Å². The highest BCUT2D eigenvalue weighted by Crippen LogP contribution is 2.12. The van der Waals surface area contributed by atoms with Crippen LogP contribution in [-0.2, 0) is 19.2 Å². The Morgan fingerprint density at radius 3 is 1.88 bits per heavy atom. The summed E-state index contributed by atoms with van der Waals surface area (Å²) in [4.78, 5) is 49.9. The fraction of sp³-hybridized carbons (Fsp3) is 0.818. The van der Waals surface area contributed by atoms with Crippen LogP contribution in [0.2, 0.25) is 0 Å². The van der Waals surface area contributed by atoms with E-state index in [1.54, 1.807) is 25.6 Å². The summed E-state index contributed by atoms with van der Waals surface area (Å²) in [7, 11) is 0. The summed E-state index contributed by atoms with van der Waals surface area (Å²) in [6.45, 7) is 11.0. The Morgan fingerprint density at radius 2 is 1.44 bits per heavy atom. The van der Waals surface area contributed by atoms with E-state index in [-0.39, 0.29) is 24.2 Å². The maximum atomic E-state index is 13.1. The minimum absolute atomic E-state index is 0.0730. The molecule has 0 radical (unpaired) electrons. The van der Waals surface area contributed by atoms with E-state index in [1.165, 1.54) is 0 Å². The van der Waals surface area contributed by atoms with Crippen LogP contribution in [0.4, 0.5) is 0 Å². The Hall–Kier alpha value is -1.81. The fourth-order valence-electron chi connectivity index (χ4n) is 3.07. The molecule has 0 saturated carbocycles. The Labute approximate surface area is 196 Å². The van der Waals surface area contributed by atoms with Gasteiger partial charge in [-0.1, -0.05) is 48.0 Å². The average Bonchev–Trinajstić information content (AvgIpc) is 2.71. The molecule has 0 rings (SSSR count). The molecule has 6 N–H and O–H groups in total. The van der Waals surface area contributed by atoms with E-state index in [0.717, 1.165) is 5.75 Å². The van der Waals surface area contributed by atoms with Crippen molar-refractivity contribution in [3.63, 3.8) is 0 Å². The second kappa shape index (κ2) is 15.1. The van der Waals surface area contributed by atoms with Crippen LogP contribution in [0.5, 0.6) is 0 Å². The van der Waals surface area contributed by atoms with Crippen LogP contribution in [0.1, 0.15) is 60.8 Å². The molecule has 3 amide bonds. The lowest BCUT2D eigenvalue weighted by molar-refractivity contribution is -0.143. The third kappa shape index (κ3) is 10.7. The Morgan fingerprint density at radius 1 is 0.906 bits per heavy atom. The minimum Gasteiger partial charge on any atom is -0.480 e. The van der Waals surface area contributed by atoms with Crippen molar-refractivity contribution in [1.82, 2.24) is 16.0 Å². The van der Waals surface area contributed by atoms with Gasteiger partial charge in [-0.15, -0.1) is 0 Å². The summed E-state index contributed by atoms with van der Waals surface area (Å²) < 4.78 is 0. The predicted molar refractivity (Wildman–Crippen MR) is 128 cm³/mol. The van der Waals surface area contributed by atoms with E-state index in [2.05, 4.69) is 16.0 Å². The van der Waals surface area contributed by atoms with Gasteiger partial charge in [-0.25, -0.2) is 4.79 Å². The molecule has 0 bridgehead atoms. The van der Waals surface area contributed by atoms with Gasteiger partial charge in [-0.2, -0.15) is 11.8 Å². The maximum absolute atomic E-state index is 13.1. The van der Waals surface area contributed by atoms with Gasteiger partial charge in [0.05, 0.1) is 6.04 Å². The van der Waals surface area contributed by atoms with Gasteiger partial charge in [0.1, 0.15) is 18.1 Å². The number of carboxylic acid groups (broad SMARTS) is 1. The Kier molecular flexibility index (Phi) is 14.2. The molecule has 9 nitrogen and oxygen atoms in total. The van der Waals surface area contributed by atoms with E-state index >= 15 is 0 Å². The van der Waals surface area contributed by atoms with Gasteiger partial charge in [0.15, 0.2) is 0 Å². The van der Waals surface area contributed by atoms with E-state index in [1.807, 2.05) is 34.0 Å². The molecule has 0 aromatic heterocycles. The average molecular weight is 475 g/mol. The number of carboxylic acids is 1. The van der Waals surface area contributed by atoms with Gasteiger partial charge in [0.25, 0.3) is 0 Å². The van der Waals surface area contributed by atoms with Gasteiger partial charge >= 0.3 is 5.97 Å². The third-order valence-electron chi connectivity index (χ3n) is 5.33. The molecule has 5 unspecified atom stereocenters. The summed E-state index contributed by atoms with van der Waals surface area (Å²) in [5, 5.41) is 17.4. The summed E-state index contributed by atoms with van der Waals surface area (Å²) >= 11 is 1.58. The van der Waals surface area contributed by atoms with Crippen LogP contribution in [0, 0.1) is 17.8 Å². The number of hydrogen-bond donors (Lipinski definition) is 5. The number of carbonyl (C=O) groups is 4. The van der Waals surface area contributed by atoms with E-state index in [0.29, 0.717) is 12.8 Å². The quantitative estimate of drug-likeness (QED) is 0.240. The zero-order valence-corrected chi connectivity index (χ0v) is 21.3. The number of nitrogens with two attached hydrogens (primary N) is 1. The second-order valence-corrected chi connectivity index (χ2v) is 10.0. The normalized spacial score (nSPS) is 16.1. The minimum atomic E-state index is -1.12. The Balaban J connectivity index is 5.42. The maximum Gasteiger partial charge on any atom is 0.326 e. The molecule has 32 heavy (non-hydrogen) atoms. The molecule has 0 aliphatic carbocycles. The van der Waals surface area contributed by atoms with Gasteiger partial charge < -0.3 is 26.8 Å². The van der Waals surface area contributed by atoms with Crippen LogP contribution >= 0.6 is 11.8 Å². The first-order valence-electron chi connectivity index (χ1n) is 11.2. The smallest absolute Gasteiger partial charge is 0.326 e. The first kappa shape index (κ1) is 30.2. The summed E-state index contributed by atoms with van der Waals surface area (Å²) in [6.07, 6.45) is 3.32. The lowest BCUT2D eigenvalue weighted by Crippen LogP contribution is -2.59. The zero-order chi connectivity index (χ0) is 25.0. The van der Waals surface area contributed by atoms with Crippen molar-refractivity contribution in [3.8, 4) is 0 Å². The number of thioether (sulfide) groups is 1. The number of carbonyl (C=O) groups excluding carboxylic acids is 3. The molecule has 0 heterocycles. The molecule has 0 aliphatic rings. The molecule has 186 valence electrons. The first-order chi connectivity index (χ1) is 14.8. The van der Waals surface area contributed by atoms with E-state index in [4.69, 9.17) is 5.73 Å². The van der Waals surface area contributed by atoms with E-state index < -0.39 is 47.9 Å². The molecule has 10 heteroatoms. The van der Waals surface area contributed by atoms with Crippen LogP contribution in [0.25, 0.3) is 0 Å². The highest BCUT2D eigenvalue weighted by Gasteiger charge is 2.33. The fourth-order valence-corrected chi connectivity index (χ4v) is 3.56.